The average molecular weight is 423 g/mol. The van der Waals surface area contributed by atoms with Crippen molar-refractivity contribution in [3.8, 4) is 11.3 Å². The average Bonchev–Trinajstić information content (AvgIpc) is 2.78. The summed E-state index contributed by atoms with van der Waals surface area (Å²) in [6.07, 6.45) is 5.56. The van der Waals surface area contributed by atoms with Gasteiger partial charge in [0.05, 0.1) is 5.69 Å². The van der Waals surface area contributed by atoms with Crippen LogP contribution in [0.2, 0.25) is 0 Å². The van der Waals surface area contributed by atoms with E-state index in [-0.39, 0.29) is 17.5 Å². The fraction of sp³-hybridized carbons (Fsp3) is 0.304. The zero-order valence-electron chi connectivity index (χ0n) is 17.2. The molecule has 0 radical (unpaired) electrons. The minimum atomic E-state index is -0.676. The van der Waals surface area contributed by atoms with Crippen LogP contribution >= 0.6 is 0 Å². The van der Waals surface area contributed by atoms with Crippen LogP contribution in [-0.4, -0.2) is 38.8 Å². The van der Waals surface area contributed by atoms with Crippen molar-refractivity contribution in [2.75, 3.05) is 18.4 Å². The van der Waals surface area contributed by atoms with Gasteiger partial charge in [0.1, 0.15) is 23.3 Å². The van der Waals surface area contributed by atoms with Gasteiger partial charge in [0.25, 0.3) is 0 Å². The van der Waals surface area contributed by atoms with Gasteiger partial charge >= 0.3 is 0 Å². The number of nitrogens with zero attached hydrogens (tertiary/aromatic N) is 4. The van der Waals surface area contributed by atoms with Crippen molar-refractivity contribution in [1.29, 1.82) is 0 Å². The van der Waals surface area contributed by atoms with Crippen molar-refractivity contribution < 1.29 is 13.6 Å². The molecule has 3 heterocycles. The van der Waals surface area contributed by atoms with Gasteiger partial charge in [0.2, 0.25) is 5.91 Å². The zero-order valence-corrected chi connectivity index (χ0v) is 17.2. The number of halogens is 2. The number of hydrogen-bond donors (Lipinski definition) is 1. The van der Waals surface area contributed by atoms with Crippen molar-refractivity contribution >= 4 is 17.4 Å². The van der Waals surface area contributed by atoms with Crippen LogP contribution < -0.4 is 5.32 Å². The summed E-state index contributed by atoms with van der Waals surface area (Å²) in [5, 5.41) is 2.99. The second kappa shape index (κ2) is 9.16. The summed E-state index contributed by atoms with van der Waals surface area (Å²) in [4.78, 5) is 27.6. The second-order valence-electron chi connectivity index (χ2n) is 7.55. The Hall–Kier alpha value is -3.42. The summed E-state index contributed by atoms with van der Waals surface area (Å²) in [7, 11) is 0. The third kappa shape index (κ3) is 5.02. The molecule has 1 fully saturated rings. The van der Waals surface area contributed by atoms with Crippen molar-refractivity contribution in [2.45, 2.75) is 32.1 Å². The van der Waals surface area contributed by atoms with Gasteiger partial charge in [-0.3, -0.25) is 9.78 Å². The standard InChI is InChI=1S/C23H23F2N5O/c1-2-22(31)30-8-4-6-16(14-30)23-28-20(15-5-3-7-26-13-15)12-21(29-23)27-19-10-17(24)9-18(25)11-19/h3,5,7,9-13,16H,2,4,6,8,14H2,1H3,(H,27,28,29). The van der Waals surface area contributed by atoms with Crippen molar-refractivity contribution in [3.05, 3.63) is 66.3 Å². The molecule has 31 heavy (non-hydrogen) atoms. The highest BCUT2D eigenvalue weighted by Gasteiger charge is 2.26. The molecule has 1 saturated heterocycles. The van der Waals surface area contributed by atoms with Gasteiger partial charge in [-0.25, -0.2) is 18.7 Å². The van der Waals surface area contributed by atoms with Crippen molar-refractivity contribution in [2.24, 2.45) is 0 Å². The van der Waals surface area contributed by atoms with Gasteiger partial charge in [-0.15, -0.1) is 0 Å². The minimum absolute atomic E-state index is 0.0225. The van der Waals surface area contributed by atoms with E-state index in [9.17, 15) is 13.6 Å². The highest BCUT2D eigenvalue weighted by Crippen LogP contribution is 2.29. The lowest BCUT2D eigenvalue weighted by atomic mass is 9.96. The molecule has 1 N–H and O–H groups in total. The number of amides is 1. The Kier molecular flexibility index (Phi) is 6.16. The Balaban J connectivity index is 1.70. The van der Waals surface area contributed by atoms with Crippen LogP contribution in [0.25, 0.3) is 11.3 Å². The van der Waals surface area contributed by atoms with E-state index in [4.69, 9.17) is 4.98 Å². The van der Waals surface area contributed by atoms with Crippen LogP contribution in [0.3, 0.4) is 0 Å². The lowest BCUT2D eigenvalue weighted by molar-refractivity contribution is -0.132. The van der Waals surface area contributed by atoms with Gasteiger partial charge in [0, 0.05) is 61.2 Å². The quantitative estimate of drug-likeness (QED) is 0.645. The second-order valence-corrected chi connectivity index (χ2v) is 7.55. The topological polar surface area (TPSA) is 71.0 Å². The number of pyridine rings is 1. The minimum Gasteiger partial charge on any atom is -0.342 e. The predicted octanol–water partition coefficient (Wildman–Crippen LogP) is 4.68. The number of carbonyl (C=O) groups excluding carboxylic acids is 1. The maximum Gasteiger partial charge on any atom is 0.222 e. The molecule has 1 aromatic carbocycles. The fourth-order valence-corrected chi connectivity index (χ4v) is 3.79. The monoisotopic (exact) mass is 423 g/mol. The molecule has 2 aromatic heterocycles. The number of piperidine rings is 1. The SMILES string of the molecule is CCC(=O)N1CCCC(c2nc(Nc3cc(F)cc(F)c3)cc(-c3cccnc3)n2)C1. The zero-order chi connectivity index (χ0) is 21.8. The van der Waals surface area contributed by atoms with Gasteiger partial charge in [-0.05, 0) is 37.1 Å². The van der Waals surface area contributed by atoms with Gasteiger partial charge in [-0.2, -0.15) is 0 Å². The molecule has 0 saturated carbocycles. The molecule has 4 rings (SSSR count). The summed E-state index contributed by atoms with van der Waals surface area (Å²) in [5.41, 5.74) is 1.71. The fourth-order valence-electron chi connectivity index (χ4n) is 3.79. The molecular weight excluding hydrogens is 400 g/mol. The summed E-state index contributed by atoms with van der Waals surface area (Å²) >= 11 is 0. The Labute approximate surface area is 179 Å². The molecule has 160 valence electrons. The summed E-state index contributed by atoms with van der Waals surface area (Å²) in [6.45, 7) is 3.14. The van der Waals surface area contributed by atoms with Crippen LogP contribution in [0.1, 0.15) is 37.9 Å². The Morgan fingerprint density at radius 2 is 2.00 bits per heavy atom. The van der Waals surface area contributed by atoms with Crippen LogP contribution in [0.4, 0.5) is 20.3 Å². The summed E-state index contributed by atoms with van der Waals surface area (Å²) in [5.74, 6) is -0.245. The lowest BCUT2D eigenvalue weighted by Gasteiger charge is -2.32. The number of rotatable bonds is 5. The first-order valence-corrected chi connectivity index (χ1v) is 10.3. The molecule has 3 aromatic rings. The summed E-state index contributed by atoms with van der Waals surface area (Å²) in [6, 6.07) is 8.65. The number of hydrogen-bond acceptors (Lipinski definition) is 5. The maximum absolute atomic E-state index is 13.6. The highest BCUT2D eigenvalue weighted by molar-refractivity contribution is 5.76. The van der Waals surface area contributed by atoms with Crippen LogP contribution in [0, 0.1) is 11.6 Å². The van der Waals surface area contributed by atoms with Gasteiger partial charge < -0.3 is 10.2 Å². The summed E-state index contributed by atoms with van der Waals surface area (Å²) < 4.78 is 27.3. The number of benzene rings is 1. The van der Waals surface area contributed by atoms with E-state index in [2.05, 4.69) is 15.3 Å². The van der Waals surface area contributed by atoms with E-state index in [0.29, 0.717) is 30.3 Å². The predicted molar refractivity (Wildman–Crippen MR) is 114 cm³/mol. The van der Waals surface area contributed by atoms with Crippen molar-refractivity contribution in [1.82, 2.24) is 19.9 Å². The normalized spacial score (nSPS) is 16.2. The van der Waals surface area contributed by atoms with Crippen molar-refractivity contribution in [3.63, 3.8) is 0 Å². The third-order valence-electron chi connectivity index (χ3n) is 5.28. The molecular formula is C23H23F2N5O. The smallest absolute Gasteiger partial charge is 0.222 e. The molecule has 1 amide bonds. The lowest BCUT2D eigenvalue weighted by Crippen LogP contribution is -2.39. The molecule has 0 bridgehead atoms. The molecule has 1 unspecified atom stereocenters. The van der Waals surface area contributed by atoms with E-state index >= 15 is 0 Å². The first kappa shape index (κ1) is 20.8. The molecule has 0 spiro atoms. The Morgan fingerprint density at radius 3 is 2.71 bits per heavy atom. The van der Waals surface area contributed by atoms with Crippen LogP contribution in [0.15, 0.2) is 48.8 Å². The van der Waals surface area contributed by atoms with Crippen LogP contribution in [-0.2, 0) is 4.79 Å². The molecule has 1 atom stereocenters. The number of nitrogens with one attached hydrogen (secondary N) is 1. The number of aromatic nitrogens is 3. The third-order valence-corrected chi connectivity index (χ3v) is 5.28. The molecule has 8 heteroatoms. The van der Waals surface area contributed by atoms with E-state index in [0.717, 1.165) is 31.0 Å². The van der Waals surface area contributed by atoms with E-state index in [1.54, 1.807) is 18.5 Å². The molecule has 1 aliphatic rings. The van der Waals surface area contributed by atoms with Gasteiger partial charge in [-0.1, -0.05) is 6.92 Å². The maximum atomic E-state index is 13.6. The molecule has 0 aliphatic carbocycles. The van der Waals surface area contributed by atoms with E-state index < -0.39 is 11.6 Å². The Morgan fingerprint density at radius 1 is 1.19 bits per heavy atom. The number of anilines is 2. The first-order chi connectivity index (χ1) is 15.0. The van der Waals surface area contributed by atoms with Crippen LogP contribution in [0.5, 0.6) is 0 Å². The van der Waals surface area contributed by atoms with Gasteiger partial charge in [0.15, 0.2) is 0 Å². The first-order valence-electron chi connectivity index (χ1n) is 10.3. The van der Waals surface area contributed by atoms with E-state index in [1.165, 1.54) is 12.1 Å². The highest BCUT2D eigenvalue weighted by atomic mass is 19.1. The number of likely N-dealkylation sites (tertiary alicyclic amines) is 1. The largest absolute Gasteiger partial charge is 0.342 e. The molecule has 1 aliphatic heterocycles. The molecule has 6 nitrogen and oxygen atoms in total. The Bertz CT molecular complexity index is 1060. The number of carbonyl (C=O) groups is 1. The van der Waals surface area contributed by atoms with E-state index in [1.807, 2.05) is 24.0 Å².